The fraction of sp³-hybridized carbons (Fsp3) is 0.368. The molecule has 2 aromatic rings. The minimum atomic E-state index is -3.31. The van der Waals surface area contributed by atoms with E-state index in [4.69, 9.17) is 4.74 Å². The molecule has 1 aliphatic heterocycles. The zero-order valence-corrected chi connectivity index (χ0v) is 15.0. The molecule has 134 valence electrons. The number of sulfonamides is 1. The summed E-state index contributed by atoms with van der Waals surface area (Å²) < 4.78 is 32.9. The predicted octanol–water partition coefficient (Wildman–Crippen LogP) is 2.18. The number of nitrogens with one attached hydrogen (secondary N) is 1. The van der Waals surface area contributed by atoms with Crippen molar-refractivity contribution < 1.29 is 13.2 Å². The van der Waals surface area contributed by atoms with Crippen LogP contribution in [0.25, 0.3) is 0 Å². The molecule has 0 saturated carbocycles. The molecule has 0 aromatic heterocycles. The molecule has 0 bridgehead atoms. The first-order valence-corrected chi connectivity index (χ1v) is 10.2. The van der Waals surface area contributed by atoms with Crippen molar-refractivity contribution in [3.63, 3.8) is 0 Å². The van der Waals surface area contributed by atoms with E-state index in [1.165, 1.54) is 0 Å². The van der Waals surface area contributed by atoms with Crippen molar-refractivity contribution >= 4 is 10.0 Å². The standard InChI is InChI=1S/C19H24N2O3S/c22-25(23,16-17-7-3-1-4-8-17)20-11-12-21-13-14-24-19(15-21)18-9-5-2-6-10-18/h1-10,19-20H,11-16H2. The fourth-order valence-electron chi connectivity index (χ4n) is 2.98. The molecule has 1 atom stereocenters. The van der Waals surface area contributed by atoms with Gasteiger partial charge in [0, 0.05) is 26.2 Å². The Morgan fingerprint density at radius 3 is 2.44 bits per heavy atom. The molecule has 0 spiro atoms. The first kappa shape index (κ1) is 18.1. The number of nitrogens with zero attached hydrogens (tertiary/aromatic N) is 1. The molecule has 1 heterocycles. The number of benzene rings is 2. The molecule has 6 heteroatoms. The normalized spacial score (nSPS) is 19.0. The lowest BCUT2D eigenvalue weighted by molar-refractivity contribution is -0.0291. The van der Waals surface area contributed by atoms with E-state index in [0.29, 0.717) is 19.7 Å². The second-order valence-corrected chi connectivity index (χ2v) is 8.02. The molecule has 1 aliphatic rings. The highest BCUT2D eigenvalue weighted by atomic mass is 32.2. The van der Waals surface area contributed by atoms with E-state index in [1.54, 1.807) is 0 Å². The number of morpholine rings is 1. The molecule has 1 unspecified atom stereocenters. The van der Waals surface area contributed by atoms with Crippen molar-refractivity contribution in [3.8, 4) is 0 Å². The zero-order valence-electron chi connectivity index (χ0n) is 14.2. The van der Waals surface area contributed by atoms with Gasteiger partial charge in [-0.25, -0.2) is 13.1 Å². The van der Waals surface area contributed by atoms with Crippen LogP contribution < -0.4 is 4.72 Å². The van der Waals surface area contributed by atoms with Crippen molar-refractivity contribution in [2.24, 2.45) is 0 Å². The van der Waals surface area contributed by atoms with Gasteiger partial charge in [0.15, 0.2) is 0 Å². The van der Waals surface area contributed by atoms with Crippen molar-refractivity contribution in [3.05, 3.63) is 71.8 Å². The third-order valence-corrected chi connectivity index (χ3v) is 5.63. The Bertz CT molecular complexity index is 751. The summed E-state index contributed by atoms with van der Waals surface area (Å²) in [7, 11) is -3.31. The highest BCUT2D eigenvalue weighted by Gasteiger charge is 2.22. The predicted molar refractivity (Wildman–Crippen MR) is 98.6 cm³/mol. The minimum Gasteiger partial charge on any atom is -0.371 e. The Balaban J connectivity index is 1.47. The number of rotatable bonds is 7. The lowest BCUT2D eigenvalue weighted by Gasteiger charge is -2.33. The number of hydrogen-bond donors (Lipinski definition) is 1. The lowest BCUT2D eigenvalue weighted by atomic mass is 10.1. The monoisotopic (exact) mass is 360 g/mol. The van der Waals surface area contributed by atoms with E-state index in [0.717, 1.165) is 24.2 Å². The van der Waals surface area contributed by atoms with Gasteiger partial charge in [-0.15, -0.1) is 0 Å². The van der Waals surface area contributed by atoms with Crippen molar-refractivity contribution in [2.75, 3.05) is 32.8 Å². The van der Waals surface area contributed by atoms with E-state index in [1.807, 2.05) is 48.5 Å². The van der Waals surface area contributed by atoms with Gasteiger partial charge in [-0.2, -0.15) is 0 Å². The largest absolute Gasteiger partial charge is 0.371 e. The molecule has 3 rings (SSSR count). The molecule has 0 radical (unpaired) electrons. The molecule has 1 N–H and O–H groups in total. The van der Waals surface area contributed by atoms with Crippen molar-refractivity contribution in [1.82, 2.24) is 9.62 Å². The van der Waals surface area contributed by atoms with Gasteiger partial charge >= 0.3 is 0 Å². The fourth-order valence-corrected chi connectivity index (χ4v) is 4.11. The molecule has 5 nitrogen and oxygen atoms in total. The summed E-state index contributed by atoms with van der Waals surface area (Å²) in [5.74, 6) is 0.0175. The van der Waals surface area contributed by atoms with E-state index in [2.05, 4.69) is 21.8 Å². The van der Waals surface area contributed by atoms with Crippen LogP contribution in [0, 0.1) is 0 Å². The van der Waals surface area contributed by atoms with Crippen LogP contribution in [0.1, 0.15) is 17.2 Å². The average molecular weight is 360 g/mol. The van der Waals surface area contributed by atoms with Gasteiger partial charge in [-0.1, -0.05) is 60.7 Å². The molecular weight excluding hydrogens is 336 g/mol. The molecule has 0 aliphatic carbocycles. The van der Waals surface area contributed by atoms with Crippen LogP contribution in [0.3, 0.4) is 0 Å². The first-order chi connectivity index (χ1) is 12.1. The quantitative estimate of drug-likeness (QED) is 0.822. The van der Waals surface area contributed by atoms with Crippen LogP contribution in [0.2, 0.25) is 0 Å². The van der Waals surface area contributed by atoms with Gasteiger partial charge in [0.05, 0.1) is 18.5 Å². The van der Waals surface area contributed by atoms with E-state index in [9.17, 15) is 8.42 Å². The molecular formula is C19H24N2O3S. The molecule has 25 heavy (non-hydrogen) atoms. The SMILES string of the molecule is O=S(=O)(Cc1ccccc1)NCCN1CCOC(c2ccccc2)C1. The van der Waals surface area contributed by atoms with Crippen molar-refractivity contribution in [1.29, 1.82) is 0 Å². The number of hydrogen-bond acceptors (Lipinski definition) is 4. The summed E-state index contributed by atoms with van der Waals surface area (Å²) in [5, 5.41) is 0. The molecule has 1 saturated heterocycles. The summed E-state index contributed by atoms with van der Waals surface area (Å²) in [6.45, 7) is 3.36. The maximum absolute atomic E-state index is 12.2. The Kier molecular flexibility index (Phi) is 6.20. The second-order valence-electron chi connectivity index (χ2n) is 6.21. The van der Waals surface area contributed by atoms with Gasteiger partial charge in [-0.05, 0) is 11.1 Å². The Labute approximate surface area is 149 Å². The van der Waals surface area contributed by atoms with Crippen LogP contribution in [0.15, 0.2) is 60.7 Å². The maximum atomic E-state index is 12.2. The van der Waals surface area contributed by atoms with E-state index >= 15 is 0 Å². The minimum absolute atomic E-state index is 0.0175. The number of ether oxygens (including phenoxy) is 1. The van der Waals surface area contributed by atoms with Crippen LogP contribution in [-0.2, 0) is 20.5 Å². The van der Waals surface area contributed by atoms with Crippen LogP contribution in [0.5, 0.6) is 0 Å². The molecule has 0 amide bonds. The average Bonchev–Trinajstić information content (AvgIpc) is 2.63. The summed E-state index contributed by atoms with van der Waals surface area (Å²) in [6.07, 6.45) is 0.0517. The third kappa shape index (κ3) is 5.64. The summed E-state index contributed by atoms with van der Waals surface area (Å²) in [5.41, 5.74) is 1.96. The molecule has 2 aromatic carbocycles. The van der Waals surface area contributed by atoms with Gasteiger partial charge < -0.3 is 4.74 Å². The Hall–Kier alpha value is -1.73. The van der Waals surface area contributed by atoms with Crippen molar-refractivity contribution in [2.45, 2.75) is 11.9 Å². The third-order valence-electron chi connectivity index (χ3n) is 4.27. The van der Waals surface area contributed by atoms with Crippen LogP contribution >= 0.6 is 0 Å². The lowest BCUT2D eigenvalue weighted by Crippen LogP contribution is -2.42. The topological polar surface area (TPSA) is 58.6 Å². The van der Waals surface area contributed by atoms with Crippen LogP contribution in [-0.4, -0.2) is 46.1 Å². The van der Waals surface area contributed by atoms with Gasteiger partial charge in [0.2, 0.25) is 10.0 Å². The highest BCUT2D eigenvalue weighted by Crippen LogP contribution is 2.21. The smallest absolute Gasteiger partial charge is 0.215 e. The maximum Gasteiger partial charge on any atom is 0.215 e. The highest BCUT2D eigenvalue weighted by molar-refractivity contribution is 7.88. The molecule has 1 fully saturated rings. The summed E-state index contributed by atoms with van der Waals surface area (Å²) in [4.78, 5) is 2.24. The van der Waals surface area contributed by atoms with Gasteiger partial charge in [0.1, 0.15) is 0 Å². The zero-order chi connectivity index (χ0) is 17.5. The van der Waals surface area contributed by atoms with E-state index in [-0.39, 0.29) is 11.9 Å². The van der Waals surface area contributed by atoms with E-state index < -0.39 is 10.0 Å². The summed E-state index contributed by atoms with van der Waals surface area (Å²) in [6, 6.07) is 19.4. The first-order valence-electron chi connectivity index (χ1n) is 8.52. The van der Waals surface area contributed by atoms with Gasteiger partial charge in [0.25, 0.3) is 0 Å². The Morgan fingerprint density at radius 1 is 1.04 bits per heavy atom. The van der Waals surface area contributed by atoms with Crippen LogP contribution in [0.4, 0.5) is 0 Å². The summed E-state index contributed by atoms with van der Waals surface area (Å²) >= 11 is 0. The second kappa shape index (κ2) is 8.58. The Morgan fingerprint density at radius 2 is 1.72 bits per heavy atom. The van der Waals surface area contributed by atoms with Gasteiger partial charge in [-0.3, -0.25) is 4.90 Å².